The molecule has 2 amide bonds. The molecular weight excluding hydrogens is 228 g/mol. The number of furan rings is 1. The molecule has 1 atom stereocenters. The predicted molar refractivity (Wildman–Crippen MR) is 57.2 cm³/mol. The fourth-order valence-corrected chi connectivity index (χ4v) is 1.09. The zero-order valence-corrected chi connectivity index (χ0v) is 9.05. The van der Waals surface area contributed by atoms with Crippen LogP contribution < -0.4 is 10.6 Å². The first-order valence-corrected chi connectivity index (χ1v) is 5.04. The van der Waals surface area contributed by atoms with Crippen LogP contribution in [0.15, 0.2) is 22.8 Å². The standard InChI is InChI=1S/C10H14N2O5/c13-8(9(14)15)3-4-11-10(16)12-6-7-2-1-5-17-7/h1-2,5,8,13H,3-4,6H2,(H,14,15)(H2,11,12,16). The zero-order chi connectivity index (χ0) is 12.7. The fraction of sp³-hybridized carbons (Fsp3) is 0.400. The summed E-state index contributed by atoms with van der Waals surface area (Å²) in [5, 5.41) is 22.2. The molecule has 7 nitrogen and oxygen atoms in total. The average Bonchev–Trinajstić information content (AvgIpc) is 2.78. The minimum atomic E-state index is -1.46. The van der Waals surface area contributed by atoms with Gasteiger partial charge in [0.05, 0.1) is 12.8 Å². The molecule has 0 radical (unpaired) electrons. The summed E-state index contributed by atoms with van der Waals surface area (Å²) in [6, 6.07) is 2.98. The Hall–Kier alpha value is -2.02. The third-order valence-corrected chi connectivity index (χ3v) is 1.99. The summed E-state index contributed by atoms with van der Waals surface area (Å²) in [7, 11) is 0. The number of hydrogen-bond donors (Lipinski definition) is 4. The highest BCUT2D eigenvalue weighted by atomic mass is 16.4. The normalized spacial score (nSPS) is 11.8. The number of nitrogens with one attached hydrogen (secondary N) is 2. The highest BCUT2D eigenvalue weighted by molar-refractivity contribution is 5.74. The fourth-order valence-electron chi connectivity index (χ4n) is 1.09. The summed E-state index contributed by atoms with van der Waals surface area (Å²) >= 11 is 0. The quantitative estimate of drug-likeness (QED) is 0.557. The molecule has 1 unspecified atom stereocenters. The van der Waals surface area contributed by atoms with Crippen LogP contribution in [0.3, 0.4) is 0 Å². The van der Waals surface area contributed by atoms with Gasteiger partial charge in [0, 0.05) is 13.0 Å². The molecule has 94 valence electrons. The van der Waals surface area contributed by atoms with Crippen molar-refractivity contribution in [3.05, 3.63) is 24.2 Å². The van der Waals surface area contributed by atoms with E-state index in [9.17, 15) is 9.59 Å². The first-order valence-electron chi connectivity index (χ1n) is 5.04. The zero-order valence-electron chi connectivity index (χ0n) is 9.05. The van der Waals surface area contributed by atoms with Crippen LogP contribution in [0.25, 0.3) is 0 Å². The van der Waals surface area contributed by atoms with E-state index in [0.29, 0.717) is 5.76 Å². The number of hydrogen-bond acceptors (Lipinski definition) is 4. The monoisotopic (exact) mass is 242 g/mol. The first kappa shape index (κ1) is 13.0. The third kappa shape index (κ3) is 5.03. The average molecular weight is 242 g/mol. The van der Waals surface area contributed by atoms with Gasteiger partial charge in [-0.1, -0.05) is 0 Å². The van der Waals surface area contributed by atoms with Crippen molar-refractivity contribution in [1.29, 1.82) is 0 Å². The van der Waals surface area contributed by atoms with E-state index in [4.69, 9.17) is 14.6 Å². The van der Waals surface area contributed by atoms with Crippen molar-refractivity contribution in [3.63, 3.8) is 0 Å². The van der Waals surface area contributed by atoms with Crippen LogP contribution in [-0.4, -0.2) is 34.9 Å². The van der Waals surface area contributed by atoms with Crippen LogP contribution in [-0.2, 0) is 11.3 Å². The molecule has 0 bridgehead atoms. The highest BCUT2D eigenvalue weighted by Crippen LogP contribution is 1.98. The second kappa shape index (κ2) is 6.54. The Labute approximate surface area is 97.4 Å². The molecule has 0 fully saturated rings. The maximum absolute atomic E-state index is 11.2. The van der Waals surface area contributed by atoms with Crippen LogP contribution in [0.4, 0.5) is 4.79 Å². The van der Waals surface area contributed by atoms with Crippen molar-refractivity contribution in [2.45, 2.75) is 19.1 Å². The Morgan fingerprint density at radius 1 is 1.41 bits per heavy atom. The van der Waals surface area contributed by atoms with Gasteiger partial charge in [-0.3, -0.25) is 0 Å². The Balaban J connectivity index is 2.11. The topological polar surface area (TPSA) is 112 Å². The molecule has 0 aliphatic heterocycles. The van der Waals surface area contributed by atoms with Crippen LogP contribution >= 0.6 is 0 Å². The molecule has 0 saturated carbocycles. The summed E-state index contributed by atoms with van der Waals surface area (Å²) in [4.78, 5) is 21.5. The number of carbonyl (C=O) groups is 2. The number of carboxylic acid groups (broad SMARTS) is 1. The van der Waals surface area contributed by atoms with Crippen molar-refractivity contribution in [3.8, 4) is 0 Å². The number of aliphatic carboxylic acids is 1. The maximum atomic E-state index is 11.2. The van der Waals surface area contributed by atoms with Crippen molar-refractivity contribution in [2.24, 2.45) is 0 Å². The van der Waals surface area contributed by atoms with E-state index < -0.39 is 18.1 Å². The molecule has 0 aliphatic carbocycles. The number of carbonyl (C=O) groups excluding carboxylic acids is 1. The highest BCUT2D eigenvalue weighted by Gasteiger charge is 2.12. The van der Waals surface area contributed by atoms with Crippen LogP contribution in [0.5, 0.6) is 0 Å². The molecule has 0 spiro atoms. The van der Waals surface area contributed by atoms with E-state index in [1.807, 2.05) is 0 Å². The van der Waals surface area contributed by atoms with E-state index in [-0.39, 0.29) is 19.5 Å². The minimum absolute atomic E-state index is 0.0382. The summed E-state index contributed by atoms with van der Waals surface area (Å²) in [6.45, 7) is 0.331. The molecule has 4 N–H and O–H groups in total. The predicted octanol–water partition coefficient (Wildman–Crippen LogP) is -0.0856. The van der Waals surface area contributed by atoms with Crippen molar-refractivity contribution >= 4 is 12.0 Å². The lowest BCUT2D eigenvalue weighted by Crippen LogP contribution is -2.37. The molecule has 1 rings (SSSR count). The molecule has 17 heavy (non-hydrogen) atoms. The second-order valence-corrected chi connectivity index (χ2v) is 3.33. The molecule has 0 saturated heterocycles. The summed E-state index contributed by atoms with van der Waals surface area (Å²) < 4.78 is 5.00. The second-order valence-electron chi connectivity index (χ2n) is 3.33. The number of amides is 2. The Morgan fingerprint density at radius 3 is 2.76 bits per heavy atom. The van der Waals surface area contributed by atoms with Crippen molar-refractivity contribution < 1.29 is 24.2 Å². The summed E-state index contributed by atoms with van der Waals surface area (Å²) in [5.74, 6) is -0.687. The molecule has 1 heterocycles. The third-order valence-electron chi connectivity index (χ3n) is 1.99. The number of aliphatic hydroxyl groups excluding tert-OH is 1. The van der Waals surface area contributed by atoms with Gasteiger partial charge in [0.1, 0.15) is 5.76 Å². The molecular formula is C10H14N2O5. The van der Waals surface area contributed by atoms with E-state index in [1.54, 1.807) is 12.1 Å². The van der Waals surface area contributed by atoms with Gasteiger partial charge in [0.15, 0.2) is 6.10 Å². The smallest absolute Gasteiger partial charge is 0.332 e. The van der Waals surface area contributed by atoms with E-state index in [0.717, 1.165) is 0 Å². The lowest BCUT2D eigenvalue weighted by molar-refractivity contribution is -0.146. The van der Waals surface area contributed by atoms with Gasteiger partial charge in [-0.15, -0.1) is 0 Å². The van der Waals surface area contributed by atoms with Crippen molar-refractivity contribution in [1.82, 2.24) is 10.6 Å². The summed E-state index contributed by atoms with van der Waals surface area (Å²) in [6.07, 6.45) is 0.00197. The number of aliphatic hydroxyl groups is 1. The van der Waals surface area contributed by atoms with E-state index >= 15 is 0 Å². The molecule has 1 aromatic rings. The van der Waals surface area contributed by atoms with Crippen LogP contribution in [0.1, 0.15) is 12.2 Å². The van der Waals surface area contributed by atoms with Gasteiger partial charge >= 0.3 is 12.0 Å². The van der Waals surface area contributed by atoms with Crippen LogP contribution in [0.2, 0.25) is 0 Å². The van der Waals surface area contributed by atoms with Gasteiger partial charge in [-0.2, -0.15) is 0 Å². The number of carboxylic acids is 1. The Bertz CT molecular complexity index is 363. The minimum Gasteiger partial charge on any atom is -0.479 e. The van der Waals surface area contributed by atoms with Gasteiger partial charge in [0.25, 0.3) is 0 Å². The van der Waals surface area contributed by atoms with E-state index in [1.165, 1.54) is 6.26 Å². The van der Waals surface area contributed by atoms with Gasteiger partial charge in [-0.25, -0.2) is 9.59 Å². The molecule has 0 aromatic carbocycles. The maximum Gasteiger partial charge on any atom is 0.332 e. The number of rotatable bonds is 6. The Kier molecular flexibility index (Phi) is 5.02. The van der Waals surface area contributed by atoms with E-state index in [2.05, 4.69) is 10.6 Å². The SMILES string of the molecule is O=C(NCCC(O)C(=O)O)NCc1ccco1. The van der Waals surface area contributed by atoms with Crippen LogP contribution in [0, 0.1) is 0 Å². The van der Waals surface area contributed by atoms with Gasteiger partial charge in [-0.05, 0) is 12.1 Å². The first-order chi connectivity index (χ1) is 8.09. The molecule has 1 aromatic heterocycles. The lowest BCUT2D eigenvalue weighted by atomic mass is 10.2. The summed E-state index contributed by atoms with van der Waals surface area (Å²) in [5.41, 5.74) is 0. The van der Waals surface area contributed by atoms with Gasteiger partial charge < -0.3 is 25.3 Å². The van der Waals surface area contributed by atoms with Crippen molar-refractivity contribution in [2.75, 3.05) is 6.54 Å². The molecule has 7 heteroatoms. The van der Waals surface area contributed by atoms with Gasteiger partial charge in [0.2, 0.25) is 0 Å². The lowest BCUT2D eigenvalue weighted by Gasteiger charge is -2.08. The number of urea groups is 1. The largest absolute Gasteiger partial charge is 0.479 e. The Morgan fingerprint density at radius 2 is 2.18 bits per heavy atom. The molecule has 0 aliphatic rings.